The molecule has 2 amide bonds. The van der Waals surface area contributed by atoms with Crippen molar-refractivity contribution in [2.75, 3.05) is 18.9 Å². The van der Waals surface area contributed by atoms with Crippen LogP contribution in [0.5, 0.6) is 0 Å². The number of hydrogen-bond donors (Lipinski definition) is 2. The highest BCUT2D eigenvalue weighted by molar-refractivity contribution is 7.89. The van der Waals surface area contributed by atoms with Crippen molar-refractivity contribution in [3.63, 3.8) is 0 Å². The van der Waals surface area contributed by atoms with Crippen molar-refractivity contribution in [3.05, 3.63) is 60.2 Å². The molecule has 0 radical (unpaired) electrons. The van der Waals surface area contributed by atoms with Crippen molar-refractivity contribution in [2.45, 2.75) is 30.2 Å². The van der Waals surface area contributed by atoms with Crippen molar-refractivity contribution in [1.82, 2.24) is 9.62 Å². The summed E-state index contributed by atoms with van der Waals surface area (Å²) in [6.07, 6.45) is 2.58. The van der Waals surface area contributed by atoms with Gasteiger partial charge in [0.05, 0.1) is 4.90 Å². The molecule has 3 rings (SSSR count). The average molecular weight is 373 g/mol. The summed E-state index contributed by atoms with van der Waals surface area (Å²) in [4.78, 5) is 12.2. The van der Waals surface area contributed by atoms with E-state index in [1.165, 1.54) is 16.4 Å². The van der Waals surface area contributed by atoms with Crippen molar-refractivity contribution in [2.24, 2.45) is 0 Å². The molecule has 138 valence electrons. The normalized spacial score (nSPS) is 14.2. The number of sulfonamides is 1. The number of nitrogens with zero attached hydrogens (tertiary/aromatic N) is 1. The quantitative estimate of drug-likeness (QED) is 0.783. The van der Waals surface area contributed by atoms with Gasteiger partial charge in [0.15, 0.2) is 0 Å². The molecular formula is C19H23N3O3S. The minimum Gasteiger partial charge on any atom is -0.338 e. The molecule has 26 heavy (non-hydrogen) atoms. The second-order valence-electron chi connectivity index (χ2n) is 6.39. The van der Waals surface area contributed by atoms with E-state index in [9.17, 15) is 13.2 Å². The van der Waals surface area contributed by atoms with Crippen molar-refractivity contribution < 1.29 is 13.2 Å². The second-order valence-corrected chi connectivity index (χ2v) is 8.39. The zero-order valence-electron chi connectivity index (χ0n) is 14.7. The molecule has 1 aliphatic rings. The minimum atomic E-state index is -3.46. The van der Waals surface area contributed by atoms with Crippen LogP contribution in [-0.4, -0.2) is 38.4 Å². The summed E-state index contributed by atoms with van der Waals surface area (Å²) < 4.78 is 26.3. The third-order valence-corrected chi connectivity index (χ3v) is 6.32. The maximum atomic E-state index is 12.4. The van der Waals surface area contributed by atoms with E-state index in [2.05, 4.69) is 10.6 Å². The SMILES string of the molecule is CN(C1CC1)S(=O)(=O)c1ccc(NC(=O)NCCc2ccccc2)cc1. The zero-order valence-corrected chi connectivity index (χ0v) is 15.5. The maximum Gasteiger partial charge on any atom is 0.319 e. The summed E-state index contributed by atoms with van der Waals surface area (Å²) in [6.45, 7) is 0.522. The Morgan fingerprint density at radius 2 is 1.73 bits per heavy atom. The summed E-state index contributed by atoms with van der Waals surface area (Å²) in [5.74, 6) is 0. The number of nitrogens with one attached hydrogen (secondary N) is 2. The fourth-order valence-corrected chi connectivity index (χ4v) is 4.07. The van der Waals surface area contributed by atoms with E-state index in [1.807, 2.05) is 30.3 Å². The first-order chi connectivity index (χ1) is 12.5. The molecule has 2 N–H and O–H groups in total. The van der Waals surface area contributed by atoms with Gasteiger partial charge in [-0.1, -0.05) is 30.3 Å². The first kappa shape index (κ1) is 18.4. The van der Waals surface area contributed by atoms with Gasteiger partial charge in [0.25, 0.3) is 0 Å². The van der Waals surface area contributed by atoms with Crippen LogP contribution in [-0.2, 0) is 16.4 Å². The molecule has 6 nitrogen and oxygen atoms in total. The van der Waals surface area contributed by atoms with Crippen LogP contribution >= 0.6 is 0 Å². The second kappa shape index (κ2) is 7.88. The molecule has 0 aromatic heterocycles. The third kappa shape index (κ3) is 4.62. The number of urea groups is 1. The molecule has 2 aromatic carbocycles. The van der Waals surface area contributed by atoms with Gasteiger partial charge in [-0.15, -0.1) is 0 Å². The lowest BCUT2D eigenvalue weighted by Gasteiger charge is -2.16. The van der Waals surface area contributed by atoms with E-state index >= 15 is 0 Å². The highest BCUT2D eigenvalue weighted by Gasteiger charge is 2.34. The Bertz CT molecular complexity index is 847. The molecule has 0 bridgehead atoms. The Kier molecular flexibility index (Phi) is 5.58. The van der Waals surface area contributed by atoms with E-state index < -0.39 is 10.0 Å². The highest BCUT2D eigenvalue weighted by Crippen LogP contribution is 2.30. The van der Waals surface area contributed by atoms with Crippen LogP contribution < -0.4 is 10.6 Å². The standard InChI is InChI=1S/C19H23N3O3S/c1-22(17-9-10-17)26(24,25)18-11-7-16(8-12-18)21-19(23)20-14-13-15-5-3-2-4-6-15/h2-8,11-12,17H,9-10,13-14H2,1H3,(H2,20,21,23). The summed E-state index contributed by atoms with van der Waals surface area (Å²) in [5, 5.41) is 5.50. The molecule has 0 atom stereocenters. The number of rotatable bonds is 7. The van der Waals surface area contributed by atoms with Crippen molar-refractivity contribution in [3.8, 4) is 0 Å². The van der Waals surface area contributed by atoms with Gasteiger partial charge in [0.2, 0.25) is 10.0 Å². The number of benzene rings is 2. The largest absolute Gasteiger partial charge is 0.338 e. The molecule has 0 saturated heterocycles. The number of carbonyl (C=O) groups is 1. The molecule has 0 aliphatic heterocycles. The van der Waals surface area contributed by atoms with Crippen LogP contribution in [0.1, 0.15) is 18.4 Å². The van der Waals surface area contributed by atoms with Crippen molar-refractivity contribution >= 4 is 21.7 Å². The van der Waals surface area contributed by atoms with Gasteiger partial charge in [0, 0.05) is 25.3 Å². The molecule has 0 heterocycles. The van der Waals surface area contributed by atoms with Crippen LogP contribution in [0.4, 0.5) is 10.5 Å². The van der Waals surface area contributed by atoms with E-state index in [-0.39, 0.29) is 17.0 Å². The highest BCUT2D eigenvalue weighted by atomic mass is 32.2. The minimum absolute atomic E-state index is 0.119. The molecule has 0 unspecified atom stereocenters. The van der Waals surface area contributed by atoms with Gasteiger partial charge in [-0.25, -0.2) is 13.2 Å². The van der Waals surface area contributed by atoms with Crippen LogP contribution in [0.25, 0.3) is 0 Å². The molecular weight excluding hydrogens is 350 g/mol. The zero-order chi connectivity index (χ0) is 18.6. The third-order valence-electron chi connectivity index (χ3n) is 4.39. The number of hydrogen-bond acceptors (Lipinski definition) is 3. The van der Waals surface area contributed by atoms with Crippen LogP contribution in [0.2, 0.25) is 0 Å². The molecule has 1 fully saturated rings. The first-order valence-electron chi connectivity index (χ1n) is 8.64. The Hall–Kier alpha value is -2.38. The van der Waals surface area contributed by atoms with Crippen LogP contribution in [0.3, 0.4) is 0 Å². The number of carbonyl (C=O) groups excluding carboxylic acids is 1. The van der Waals surface area contributed by atoms with Crippen LogP contribution in [0, 0.1) is 0 Å². The Labute approximate surface area is 154 Å². The molecule has 1 saturated carbocycles. The maximum absolute atomic E-state index is 12.4. The summed E-state index contributed by atoms with van der Waals surface area (Å²) in [7, 11) is -1.85. The first-order valence-corrected chi connectivity index (χ1v) is 10.1. The molecule has 7 heteroatoms. The van der Waals surface area contributed by atoms with E-state index in [1.54, 1.807) is 19.2 Å². The Morgan fingerprint density at radius 3 is 2.35 bits per heavy atom. The summed E-state index contributed by atoms with van der Waals surface area (Å²) in [5.41, 5.74) is 1.71. The van der Waals surface area contributed by atoms with E-state index in [0.29, 0.717) is 12.2 Å². The molecule has 0 spiro atoms. The van der Waals surface area contributed by atoms with Gasteiger partial charge in [-0.05, 0) is 49.1 Å². The predicted molar refractivity (Wildman–Crippen MR) is 102 cm³/mol. The number of anilines is 1. The van der Waals surface area contributed by atoms with Gasteiger partial charge >= 0.3 is 6.03 Å². The van der Waals surface area contributed by atoms with Gasteiger partial charge < -0.3 is 10.6 Å². The lowest BCUT2D eigenvalue weighted by Crippen LogP contribution is -2.30. The smallest absolute Gasteiger partial charge is 0.319 e. The molecule has 2 aromatic rings. The Balaban J connectivity index is 1.51. The molecule has 1 aliphatic carbocycles. The monoisotopic (exact) mass is 373 g/mol. The van der Waals surface area contributed by atoms with Gasteiger partial charge in [-0.3, -0.25) is 0 Å². The number of amides is 2. The van der Waals surface area contributed by atoms with Crippen LogP contribution in [0.15, 0.2) is 59.5 Å². The van der Waals surface area contributed by atoms with Crippen molar-refractivity contribution in [1.29, 1.82) is 0 Å². The topological polar surface area (TPSA) is 78.5 Å². The summed E-state index contributed by atoms with van der Waals surface area (Å²) in [6, 6.07) is 16.0. The summed E-state index contributed by atoms with van der Waals surface area (Å²) >= 11 is 0. The van der Waals surface area contributed by atoms with Gasteiger partial charge in [-0.2, -0.15) is 4.31 Å². The average Bonchev–Trinajstić information content (AvgIpc) is 3.47. The lowest BCUT2D eigenvalue weighted by atomic mass is 10.1. The fraction of sp³-hybridized carbons (Fsp3) is 0.316. The lowest BCUT2D eigenvalue weighted by molar-refractivity contribution is 0.252. The van der Waals surface area contributed by atoms with E-state index in [4.69, 9.17) is 0 Å². The predicted octanol–water partition coefficient (Wildman–Crippen LogP) is 2.83. The van der Waals surface area contributed by atoms with Gasteiger partial charge in [0.1, 0.15) is 0 Å². The fourth-order valence-electron chi connectivity index (χ4n) is 2.65. The van der Waals surface area contributed by atoms with E-state index in [0.717, 1.165) is 24.8 Å². The Morgan fingerprint density at radius 1 is 1.08 bits per heavy atom.